The van der Waals surface area contributed by atoms with Crippen molar-refractivity contribution in [1.29, 1.82) is 0 Å². The lowest BCUT2D eigenvalue weighted by Gasteiger charge is -2.21. The van der Waals surface area contributed by atoms with Gasteiger partial charge in [-0.15, -0.1) is 0 Å². The number of anilines is 1. The van der Waals surface area contributed by atoms with E-state index >= 15 is 0 Å². The van der Waals surface area contributed by atoms with Crippen LogP contribution in [0.5, 0.6) is 0 Å². The zero-order chi connectivity index (χ0) is 13.2. The lowest BCUT2D eigenvalue weighted by Crippen LogP contribution is -2.49. The van der Waals surface area contributed by atoms with Gasteiger partial charge in [0.2, 0.25) is 0 Å². The van der Waals surface area contributed by atoms with Crippen LogP contribution in [0.15, 0.2) is 22.7 Å². The summed E-state index contributed by atoms with van der Waals surface area (Å²) in [6.07, 6.45) is 0. The van der Waals surface area contributed by atoms with E-state index in [1.165, 1.54) is 19.9 Å². The largest absolute Gasteiger partial charge is 0.480 e. The molecule has 0 radical (unpaired) electrons. The van der Waals surface area contributed by atoms with Gasteiger partial charge in [0.05, 0.1) is 0 Å². The number of rotatable bonds is 3. The van der Waals surface area contributed by atoms with E-state index in [0.717, 1.165) is 0 Å². The molecule has 1 rings (SSSR count). The van der Waals surface area contributed by atoms with Crippen LogP contribution in [0.25, 0.3) is 0 Å². The predicted molar refractivity (Wildman–Crippen MR) is 67.7 cm³/mol. The number of benzene rings is 1. The Morgan fingerprint density at radius 3 is 2.47 bits per heavy atom. The van der Waals surface area contributed by atoms with Crippen LogP contribution in [-0.4, -0.2) is 22.5 Å². The monoisotopic (exact) mass is 300 g/mol. The van der Waals surface area contributed by atoms with Gasteiger partial charge in [0, 0.05) is 15.7 Å². The molecule has 92 valence electrons. The Balaban J connectivity index is 2.91. The summed E-state index contributed by atoms with van der Waals surface area (Å²) in [6.45, 7) is 2.82. The van der Waals surface area contributed by atoms with Gasteiger partial charge in [-0.25, -0.2) is 4.79 Å². The first-order valence-electron chi connectivity index (χ1n) is 4.85. The minimum Gasteiger partial charge on any atom is -0.480 e. The molecule has 0 saturated heterocycles. The number of halogens is 1. The number of nitrogens with two attached hydrogens (primary N) is 1. The molecular formula is C11H13BrN2O3. The zero-order valence-electron chi connectivity index (χ0n) is 9.45. The highest BCUT2D eigenvalue weighted by Crippen LogP contribution is 2.20. The van der Waals surface area contributed by atoms with Crippen molar-refractivity contribution in [1.82, 2.24) is 5.32 Å². The minimum absolute atomic E-state index is 0.319. The Labute approximate surface area is 107 Å². The summed E-state index contributed by atoms with van der Waals surface area (Å²) in [6, 6.07) is 4.68. The number of aliphatic carboxylic acids is 1. The third-order valence-corrected chi connectivity index (χ3v) is 2.94. The van der Waals surface area contributed by atoms with Crippen LogP contribution >= 0.6 is 15.9 Å². The zero-order valence-corrected chi connectivity index (χ0v) is 11.0. The maximum absolute atomic E-state index is 11.8. The summed E-state index contributed by atoms with van der Waals surface area (Å²) in [5.41, 5.74) is 5.06. The molecular weight excluding hydrogens is 288 g/mol. The second kappa shape index (κ2) is 4.75. The number of hydrogen-bond donors (Lipinski definition) is 3. The molecule has 1 aromatic rings. The summed E-state index contributed by atoms with van der Waals surface area (Å²) >= 11 is 3.21. The van der Waals surface area contributed by atoms with E-state index < -0.39 is 17.4 Å². The molecule has 1 amide bonds. The molecule has 0 atom stereocenters. The van der Waals surface area contributed by atoms with E-state index in [-0.39, 0.29) is 0 Å². The van der Waals surface area contributed by atoms with Gasteiger partial charge in [-0.1, -0.05) is 0 Å². The Hall–Kier alpha value is -1.56. The Bertz CT molecular complexity index is 472. The standard InChI is InChI=1S/C11H13BrN2O3/c1-11(2,10(16)17)14-9(15)6-3-4-7(12)8(13)5-6/h3-5H,13H2,1-2H3,(H,14,15)(H,16,17). The van der Waals surface area contributed by atoms with Gasteiger partial charge in [-0.2, -0.15) is 0 Å². The van der Waals surface area contributed by atoms with Crippen LogP contribution in [-0.2, 0) is 4.79 Å². The highest BCUT2D eigenvalue weighted by molar-refractivity contribution is 9.10. The maximum atomic E-state index is 11.8. The second-order valence-corrected chi connectivity index (χ2v) is 4.97. The van der Waals surface area contributed by atoms with Crippen molar-refractivity contribution in [2.45, 2.75) is 19.4 Å². The van der Waals surface area contributed by atoms with E-state index in [1.54, 1.807) is 12.1 Å². The Morgan fingerprint density at radius 1 is 1.41 bits per heavy atom. The van der Waals surface area contributed by atoms with Crippen LogP contribution in [0.2, 0.25) is 0 Å². The lowest BCUT2D eigenvalue weighted by molar-refractivity contribution is -0.143. The van der Waals surface area contributed by atoms with Crippen LogP contribution in [0.1, 0.15) is 24.2 Å². The van der Waals surface area contributed by atoms with Crippen molar-refractivity contribution < 1.29 is 14.7 Å². The summed E-state index contributed by atoms with van der Waals surface area (Å²) in [7, 11) is 0. The molecule has 6 heteroatoms. The van der Waals surface area contributed by atoms with Gasteiger partial charge in [-0.05, 0) is 48.0 Å². The number of carbonyl (C=O) groups excluding carboxylic acids is 1. The highest BCUT2D eigenvalue weighted by atomic mass is 79.9. The van der Waals surface area contributed by atoms with Crippen molar-refractivity contribution in [2.75, 3.05) is 5.73 Å². The SMILES string of the molecule is CC(C)(NC(=O)c1ccc(Br)c(N)c1)C(=O)O. The highest BCUT2D eigenvalue weighted by Gasteiger charge is 2.29. The normalized spacial score (nSPS) is 11.0. The third kappa shape index (κ3) is 3.20. The number of carbonyl (C=O) groups is 2. The molecule has 0 unspecified atom stereocenters. The minimum atomic E-state index is -1.32. The van der Waals surface area contributed by atoms with Crippen molar-refractivity contribution in [3.8, 4) is 0 Å². The van der Waals surface area contributed by atoms with Gasteiger partial charge in [0.1, 0.15) is 5.54 Å². The molecule has 0 aliphatic carbocycles. The first-order valence-corrected chi connectivity index (χ1v) is 5.64. The molecule has 1 aromatic carbocycles. The number of nitrogens with one attached hydrogen (secondary N) is 1. The molecule has 0 heterocycles. The van der Waals surface area contributed by atoms with Gasteiger partial charge in [-0.3, -0.25) is 4.79 Å². The molecule has 0 saturated carbocycles. The van der Waals surface area contributed by atoms with E-state index in [0.29, 0.717) is 15.7 Å². The topological polar surface area (TPSA) is 92.4 Å². The summed E-state index contributed by atoms with van der Waals surface area (Å²) in [5.74, 6) is -1.58. The quantitative estimate of drug-likeness (QED) is 0.740. The average Bonchev–Trinajstić information content (AvgIpc) is 2.21. The molecule has 0 spiro atoms. The van der Waals surface area contributed by atoms with Crippen LogP contribution in [0, 0.1) is 0 Å². The first kappa shape index (κ1) is 13.5. The third-order valence-electron chi connectivity index (χ3n) is 2.22. The number of nitrogen functional groups attached to an aromatic ring is 1. The van der Waals surface area contributed by atoms with Gasteiger partial charge >= 0.3 is 5.97 Å². The molecule has 4 N–H and O–H groups in total. The predicted octanol–water partition coefficient (Wildman–Crippen LogP) is 1.62. The maximum Gasteiger partial charge on any atom is 0.328 e. The number of carboxylic acids is 1. The Morgan fingerprint density at radius 2 is 2.00 bits per heavy atom. The summed E-state index contributed by atoms with van der Waals surface area (Å²) in [5, 5.41) is 11.3. The first-order chi connectivity index (χ1) is 7.74. The number of hydrogen-bond acceptors (Lipinski definition) is 3. The van der Waals surface area contributed by atoms with Gasteiger partial charge in [0.15, 0.2) is 0 Å². The van der Waals surface area contributed by atoms with Crippen LogP contribution < -0.4 is 11.1 Å². The molecule has 0 aliphatic rings. The van der Waals surface area contributed by atoms with Crippen molar-refractivity contribution in [2.24, 2.45) is 0 Å². The van der Waals surface area contributed by atoms with E-state index in [4.69, 9.17) is 10.8 Å². The fourth-order valence-corrected chi connectivity index (χ4v) is 1.34. The fraction of sp³-hybridized carbons (Fsp3) is 0.273. The molecule has 17 heavy (non-hydrogen) atoms. The molecule has 0 bridgehead atoms. The average molecular weight is 301 g/mol. The smallest absolute Gasteiger partial charge is 0.328 e. The van der Waals surface area contributed by atoms with E-state index in [2.05, 4.69) is 21.2 Å². The van der Waals surface area contributed by atoms with Gasteiger partial charge < -0.3 is 16.2 Å². The van der Waals surface area contributed by atoms with Crippen molar-refractivity contribution >= 4 is 33.5 Å². The lowest BCUT2D eigenvalue weighted by atomic mass is 10.1. The summed E-state index contributed by atoms with van der Waals surface area (Å²) < 4.78 is 0.687. The molecule has 0 fully saturated rings. The van der Waals surface area contributed by atoms with E-state index in [9.17, 15) is 9.59 Å². The number of carboxylic acid groups (broad SMARTS) is 1. The molecule has 5 nitrogen and oxygen atoms in total. The fourth-order valence-electron chi connectivity index (χ4n) is 1.09. The molecule has 0 aromatic heterocycles. The number of amides is 1. The van der Waals surface area contributed by atoms with Gasteiger partial charge in [0.25, 0.3) is 5.91 Å². The summed E-state index contributed by atoms with van der Waals surface area (Å²) in [4.78, 5) is 22.6. The van der Waals surface area contributed by atoms with Crippen molar-refractivity contribution in [3.63, 3.8) is 0 Å². The second-order valence-electron chi connectivity index (χ2n) is 4.12. The van der Waals surface area contributed by atoms with E-state index in [1.807, 2.05) is 0 Å². The van der Waals surface area contributed by atoms with Crippen LogP contribution in [0.3, 0.4) is 0 Å². The Kier molecular flexibility index (Phi) is 3.77. The van der Waals surface area contributed by atoms with Crippen LogP contribution in [0.4, 0.5) is 5.69 Å². The molecule has 0 aliphatic heterocycles. The van der Waals surface area contributed by atoms with Crippen molar-refractivity contribution in [3.05, 3.63) is 28.2 Å².